The van der Waals surface area contributed by atoms with Gasteiger partial charge in [-0.1, -0.05) is 12.1 Å². The van der Waals surface area contributed by atoms with Gasteiger partial charge in [0.15, 0.2) is 0 Å². The second-order valence-electron chi connectivity index (χ2n) is 5.43. The molecule has 0 atom stereocenters. The zero-order chi connectivity index (χ0) is 18.2. The zero-order valence-electron chi connectivity index (χ0n) is 14.4. The highest BCUT2D eigenvalue weighted by molar-refractivity contribution is 14.1. The Morgan fingerprint density at radius 1 is 1.00 bits per heavy atom. The maximum atomic E-state index is 12.1. The van der Waals surface area contributed by atoms with Crippen molar-refractivity contribution in [1.82, 2.24) is 5.32 Å². The van der Waals surface area contributed by atoms with Crippen molar-refractivity contribution in [3.8, 4) is 0 Å². The number of benzene rings is 2. The molecule has 2 amide bonds. The van der Waals surface area contributed by atoms with E-state index in [0.717, 1.165) is 22.3 Å². The lowest BCUT2D eigenvalue weighted by atomic mass is 10.2. The molecule has 0 aliphatic rings. The van der Waals surface area contributed by atoms with E-state index >= 15 is 0 Å². The van der Waals surface area contributed by atoms with E-state index in [1.165, 1.54) is 0 Å². The van der Waals surface area contributed by atoms with Crippen LogP contribution in [0, 0.1) is 3.57 Å². The summed E-state index contributed by atoms with van der Waals surface area (Å²) in [6.07, 6.45) is 0. The quantitative estimate of drug-likeness (QED) is 0.634. The molecule has 25 heavy (non-hydrogen) atoms. The van der Waals surface area contributed by atoms with E-state index in [4.69, 9.17) is 0 Å². The lowest BCUT2D eigenvalue weighted by molar-refractivity contribution is -0.115. The molecule has 2 aromatic rings. The first-order valence-electron chi connectivity index (χ1n) is 8.22. The molecule has 0 aliphatic carbocycles. The smallest absolute Gasteiger partial charge is 0.252 e. The first-order chi connectivity index (χ1) is 12.0. The lowest BCUT2D eigenvalue weighted by Crippen LogP contribution is -2.33. The third-order valence-electron chi connectivity index (χ3n) is 3.81. The molecule has 2 rings (SSSR count). The molecule has 0 fully saturated rings. The van der Waals surface area contributed by atoms with Crippen molar-refractivity contribution < 1.29 is 9.59 Å². The van der Waals surface area contributed by atoms with E-state index in [0.29, 0.717) is 11.3 Å². The number of halogens is 1. The van der Waals surface area contributed by atoms with Gasteiger partial charge in [-0.15, -0.1) is 0 Å². The number of carbonyl (C=O) groups is 2. The van der Waals surface area contributed by atoms with Crippen LogP contribution in [0.15, 0.2) is 48.5 Å². The van der Waals surface area contributed by atoms with E-state index in [2.05, 4.69) is 52.0 Å². The number of nitrogens with one attached hydrogen (secondary N) is 2. The molecule has 6 heteroatoms. The molecule has 0 saturated carbocycles. The van der Waals surface area contributed by atoms with Gasteiger partial charge in [0.2, 0.25) is 5.91 Å². The Bertz CT molecular complexity index is 728. The second-order valence-corrected chi connectivity index (χ2v) is 6.59. The van der Waals surface area contributed by atoms with E-state index in [1.54, 1.807) is 12.1 Å². The van der Waals surface area contributed by atoms with Crippen LogP contribution in [-0.4, -0.2) is 31.4 Å². The third-order valence-corrected chi connectivity index (χ3v) is 4.75. The summed E-state index contributed by atoms with van der Waals surface area (Å²) in [5.41, 5.74) is 2.40. The molecule has 5 nitrogen and oxygen atoms in total. The van der Waals surface area contributed by atoms with Gasteiger partial charge >= 0.3 is 0 Å². The van der Waals surface area contributed by atoms with Gasteiger partial charge in [-0.05, 0) is 72.8 Å². The predicted octanol–water partition coefficient (Wildman–Crippen LogP) is 3.51. The molecule has 2 aromatic carbocycles. The Labute approximate surface area is 161 Å². The van der Waals surface area contributed by atoms with Gasteiger partial charge in [0.05, 0.1) is 12.1 Å². The Morgan fingerprint density at radius 3 is 2.24 bits per heavy atom. The summed E-state index contributed by atoms with van der Waals surface area (Å²) in [5, 5.41) is 5.44. The highest BCUT2D eigenvalue weighted by atomic mass is 127. The zero-order valence-corrected chi connectivity index (χ0v) is 16.5. The number of nitrogens with zero attached hydrogens (tertiary/aromatic N) is 1. The molecule has 132 valence electrons. The molecule has 0 aliphatic heterocycles. The summed E-state index contributed by atoms with van der Waals surface area (Å²) in [4.78, 5) is 26.4. The standard InChI is InChI=1S/C19H22IN3O2/c1-3-23(4-2)15-11-9-14(10-12-15)22-18(24)13-21-19(25)16-7-5-6-8-17(16)20/h5-12H,3-4,13H2,1-2H3,(H,21,25)(H,22,24). The highest BCUT2D eigenvalue weighted by Gasteiger charge is 2.11. The van der Waals surface area contributed by atoms with Gasteiger partial charge in [0, 0.05) is 28.0 Å². The van der Waals surface area contributed by atoms with Crippen LogP contribution in [0.25, 0.3) is 0 Å². The van der Waals surface area contributed by atoms with Crippen LogP contribution in [0.5, 0.6) is 0 Å². The number of amides is 2. The average Bonchev–Trinajstić information content (AvgIpc) is 2.62. The molecule has 0 radical (unpaired) electrons. The molecule has 0 heterocycles. The van der Waals surface area contributed by atoms with Crippen molar-refractivity contribution in [2.45, 2.75) is 13.8 Å². The minimum atomic E-state index is -0.255. The summed E-state index contributed by atoms with van der Waals surface area (Å²) < 4.78 is 0.852. The maximum Gasteiger partial charge on any atom is 0.252 e. The Balaban J connectivity index is 1.88. The van der Waals surface area contributed by atoms with Crippen LogP contribution >= 0.6 is 22.6 Å². The largest absolute Gasteiger partial charge is 0.372 e. The van der Waals surface area contributed by atoms with Gasteiger partial charge < -0.3 is 15.5 Å². The fourth-order valence-corrected chi connectivity index (χ4v) is 3.08. The van der Waals surface area contributed by atoms with Gasteiger partial charge in [0.25, 0.3) is 5.91 Å². The van der Waals surface area contributed by atoms with E-state index in [-0.39, 0.29) is 18.4 Å². The Hall–Kier alpha value is -2.09. The topological polar surface area (TPSA) is 61.4 Å². The first kappa shape index (κ1) is 19.2. The van der Waals surface area contributed by atoms with Crippen molar-refractivity contribution in [3.63, 3.8) is 0 Å². The van der Waals surface area contributed by atoms with Crippen LogP contribution in [0.1, 0.15) is 24.2 Å². The van der Waals surface area contributed by atoms with Crippen molar-refractivity contribution >= 4 is 45.8 Å². The van der Waals surface area contributed by atoms with Gasteiger partial charge in [0.1, 0.15) is 0 Å². The van der Waals surface area contributed by atoms with Crippen LogP contribution in [-0.2, 0) is 4.79 Å². The van der Waals surface area contributed by atoms with Crippen molar-refractivity contribution in [3.05, 3.63) is 57.7 Å². The number of anilines is 2. The summed E-state index contributed by atoms with van der Waals surface area (Å²) in [7, 11) is 0. The Morgan fingerprint density at radius 2 is 1.64 bits per heavy atom. The van der Waals surface area contributed by atoms with E-state index in [1.807, 2.05) is 36.4 Å². The molecule has 2 N–H and O–H groups in total. The molecule has 0 saturated heterocycles. The molecular weight excluding hydrogens is 429 g/mol. The monoisotopic (exact) mass is 451 g/mol. The second kappa shape index (κ2) is 9.41. The van der Waals surface area contributed by atoms with Crippen LogP contribution in [0.3, 0.4) is 0 Å². The van der Waals surface area contributed by atoms with E-state index in [9.17, 15) is 9.59 Å². The summed E-state index contributed by atoms with van der Waals surface area (Å²) in [5.74, 6) is -0.507. The summed E-state index contributed by atoms with van der Waals surface area (Å²) in [6, 6.07) is 15.0. The summed E-state index contributed by atoms with van der Waals surface area (Å²) in [6.45, 7) is 6.02. The fourth-order valence-electron chi connectivity index (χ4n) is 2.45. The van der Waals surface area contributed by atoms with Crippen molar-refractivity contribution in [2.24, 2.45) is 0 Å². The molecule has 0 spiro atoms. The number of hydrogen-bond donors (Lipinski definition) is 2. The molecule has 0 bridgehead atoms. The maximum absolute atomic E-state index is 12.1. The average molecular weight is 451 g/mol. The molecular formula is C19H22IN3O2. The minimum absolute atomic E-state index is 0.0679. The predicted molar refractivity (Wildman–Crippen MR) is 110 cm³/mol. The number of carbonyl (C=O) groups excluding carboxylic acids is 2. The third kappa shape index (κ3) is 5.45. The lowest BCUT2D eigenvalue weighted by Gasteiger charge is -2.21. The van der Waals surface area contributed by atoms with E-state index < -0.39 is 0 Å². The number of rotatable bonds is 7. The van der Waals surface area contributed by atoms with Crippen LogP contribution in [0.4, 0.5) is 11.4 Å². The molecule has 0 aromatic heterocycles. The first-order valence-corrected chi connectivity index (χ1v) is 9.30. The van der Waals surface area contributed by atoms with Gasteiger partial charge in [-0.25, -0.2) is 0 Å². The summed E-state index contributed by atoms with van der Waals surface area (Å²) >= 11 is 2.10. The highest BCUT2D eigenvalue weighted by Crippen LogP contribution is 2.17. The number of hydrogen-bond acceptors (Lipinski definition) is 3. The van der Waals surface area contributed by atoms with Crippen molar-refractivity contribution in [1.29, 1.82) is 0 Å². The molecule has 0 unspecified atom stereocenters. The van der Waals surface area contributed by atoms with Gasteiger partial charge in [-0.3, -0.25) is 9.59 Å². The van der Waals surface area contributed by atoms with Crippen LogP contribution in [0.2, 0.25) is 0 Å². The van der Waals surface area contributed by atoms with Crippen molar-refractivity contribution in [2.75, 3.05) is 29.9 Å². The normalized spacial score (nSPS) is 10.2. The van der Waals surface area contributed by atoms with Crippen LogP contribution < -0.4 is 15.5 Å². The SMILES string of the molecule is CCN(CC)c1ccc(NC(=O)CNC(=O)c2ccccc2I)cc1. The Kier molecular flexibility index (Phi) is 7.24. The fraction of sp³-hybridized carbons (Fsp3) is 0.263. The van der Waals surface area contributed by atoms with Gasteiger partial charge in [-0.2, -0.15) is 0 Å². The minimum Gasteiger partial charge on any atom is -0.372 e.